The highest BCUT2D eigenvalue weighted by molar-refractivity contribution is 5.89. The number of carbonyl (C=O) groups is 1. The molecule has 1 aliphatic carbocycles. The average Bonchev–Trinajstić information content (AvgIpc) is 3.10. The molecule has 1 aliphatic rings. The molecule has 1 fully saturated rings. The smallest absolute Gasteiger partial charge is 0.316 e. The number of amides is 2. The first-order valence-electron chi connectivity index (χ1n) is 5.42. The molecule has 4 nitrogen and oxygen atoms in total. The molecular formula is C11H13F2N3O. The highest BCUT2D eigenvalue weighted by Crippen LogP contribution is 2.28. The number of aromatic nitrogens is 1. The first kappa shape index (κ1) is 11.8. The fourth-order valence-electron chi connectivity index (χ4n) is 1.56. The van der Waals surface area contributed by atoms with Crippen LogP contribution in [0.15, 0.2) is 24.5 Å². The molecule has 0 aliphatic heterocycles. The molecule has 0 bridgehead atoms. The molecule has 0 aromatic carbocycles. The number of anilines is 1. The Morgan fingerprint density at radius 2 is 2.35 bits per heavy atom. The standard InChI is InChI=1S/C11H13F2N3O/c12-10(13)7-16(9-3-4-9)11(17)15-8-2-1-5-14-6-8/h1-2,5-6,9-10H,3-4,7H2,(H,15,17). The van der Waals surface area contributed by atoms with Crippen molar-refractivity contribution < 1.29 is 13.6 Å². The Kier molecular flexibility index (Phi) is 3.51. The van der Waals surface area contributed by atoms with Gasteiger partial charge in [0.1, 0.15) is 0 Å². The van der Waals surface area contributed by atoms with Gasteiger partial charge in [-0.2, -0.15) is 0 Å². The molecule has 17 heavy (non-hydrogen) atoms. The van der Waals surface area contributed by atoms with Crippen molar-refractivity contribution in [3.63, 3.8) is 0 Å². The molecule has 1 saturated carbocycles. The fourth-order valence-corrected chi connectivity index (χ4v) is 1.56. The van der Waals surface area contributed by atoms with Crippen LogP contribution in [0.3, 0.4) is 0 Å². The van der Waals surface area contributed by atoms with Crippen LogP contribution in [0.25, 0.3) is 0 Å². The van der Waals surface area contributed by atoms with Crippen molar-refractivity contribution in [1.82, 2.24) is 9.88 Å². The van der Waals surface area contributed by atoms with Crippen LogP contribution in [0, 0.1) is 0 Å². The van der Waals surface area contributed by atoms with Gasteiger partial charge in [0, 0.05) is 12.2 Å². The normalized spacial score (nSPS) is 14.8. The fraction of sp³-hybridized carbons (Fsp3) is 0.455. The number of hydrogen-bond donors (Lipinski definition) is 1. The summed E-state index contributed by atoms with van der Waals surface area (Å²) in [6, 6.07) is 2.81. The van der Waals surface area contributed by atoms with Crippen LogP contribution in [0.1, 0.15) is 12.8 Å². The summed E-state index contributed by atoms with van der Waals surface area (Å²) in [7, 11) is 0. The molecule has 1 N–H and O–H groups in total. The molecule has 0 unspecified atom stereocenters. The van der Waals surface area contributed by atoms with Crippen molar-refractivity contribution in [3.05, 3.63) is 24.5 Å². The number of alkyl halides is 2. The van der Waals surface area contributed by atoms with E-state index in [0.29, 0.717) is 5.69 Å². The van der Waals surface area contributed by atoms with Crippen LogP contribution in [-0.2, 0) is 0 Å². The summed E-state index contributed by atoms with van der Waals surface area (Å²) >= 11 is 0. The maximum absolute atomic E-state index is 12.3. The van der Waals surface area contributed by atoms with Crippen molar-refractivity contribution in [1.29, 1.82) is 0 Å². The SMILES string of the molecule is O=C(Nc1cccnc1)N(CC(F)F)C1CC1. The van der Waals surface area contributed by atoms with Gasteiger partial charge in [0.25, 0.3) is 6.43 Å². The highest BCUT2D eigenvalue weighted by atomic mass is 19.3. The lowest BCUT2D eigenvalue weighted by atomic mass is 10.4. The maximum atomic E-state index is 12.3. The van der Waals surface area contributed by atoms with Gasteiger partial charge in [-0.15, -0.1) is 0 Å². The molecule has 1 heterocycles. The topological polar surface area (TPSA) is 45.2 Å². The van der Waals surface area contributed by atoms with Gasteiger partial charge in [0.05, 0.1) is 18.4 Å². The minimum absolute atomic E-state index is 0.0410. The predicted molar refractivity (Wildman–Crippen MR) is 59.0 cm³/mol. The summed E-state index contributed by atoms with van der Waals surface area (Å²) in [6.07, 6.45) is 2.15. The second-order valence-electron chi connectivity index (χ2n) is 3.95. The Balaban J connectivity index is 1.97. The largest absolute Gasteiger partial charge is 0.322 e. The van der Waals surface area contributed by atoms with Gasteiger partial charge >= 0.3 is 6.03 Å². The summed E-state index contributed by atoms with van der Waals surface area (Å²) in [6.45, 7) is -0.517. The molecule has 2 rings (SSSR count). The van der Waals surface area contributed by atoms with Crippen molar-refractivity contribution in [2.75, 3.05) is 11.9 Å². The third kappa shape index (κ3) is 3.37. The molecule has 0 saturated heterocycles. The van der Waals surface area contributed by atoms with E-state index in [1.807, 2.05) is 0 Å². The molecule has 6 heteroatoms. The van der Waals surface area contributed by atoms with E-state index < -0.39 is 19.0 Å². The van der Waals surface area contributed by atoms with Crippen molar-refractivity contribution in [2.24, 2.45) is 0 Å². The quantitative estimate of drug-likeness (QED) is 0.879. The van der Waals surface area contributed by atoms with E-state index in [-0.39, 0.29) is 6.04 Å². The lowest BCUT2D eigenvalue weighted by Crippen LogP contribution is -2.39. The van der Waals surface area contributed by atoms with E-state index >= 15 is 0 Å². The monoisotopic (exact) mass is 241 g/mol. The third-order valence-electron chi connectivity index (χ3n) is 2.50. The van der Waals surface area contributed by atoms with E-state index in [1.165, 1.54) is 11.1 Å². The minimum atomic E-state index is -2.50. The third-order valence-corrected chi connectivity index (χ3v) is 2.50. The minimum Gasteiger partial charge on any atom is -0.316 e. The summed E-state index contributed by atoms with van der Waals surface area (Å²) in [5.74, 6) is 0. The number of rotatable bonds is 4. The lowest BCUT2D eigenvalue weighted by molar-refractivity contribution is 0.0994. The molecule has 0 spiro atoms. The average molecular weight is 241 g/mol. The van der Waals surface area contributed by atoms with Crippen LogP contribution in [0.5, 0.6) is 0 Å². The van der Waals surface area contributed by atoms with Crippen LogP contribution in [-0.4, -0.2) is 34.9 Å². The van der Waals surface area contributed by atoms with Crippen LogP contribution < -0.4 is 5.32 Å². The zero-order valence-corrected chi connectivity index (χ0v) is 9.14. The first-order chi connectivity index (χ1) is 8.16. The Bertz CT molecular complexity index is 382. The molecule has 0 atom stereocenters. The van der Waals surface area contributed by atoms with Crippen LogP contribution in [0.4, 0.5) is 19.3 Å². The number of halogens is 2. The van der Waals surface area contributed by atoms with Gasteiger partial charge in [-0.3, -0.25) is 4.98 Å². The van der Waals surface area contributed by atoms with Gasteiger partial charge < -0.3 is 10.2 Å². The van der Waals surface area contributed by atoms with E-state index in [9.17, 15) is 13.6 Å². The summed E-state index contributed by atoms with van der Waals surface area (Å²) < 4.78 is 24.7. The Labute approximate surface area is 97.6 Å². The van der Waals surface area contributed by atoms with E-state index in [1.54, 1.807) is 18.3 Å². The Morgan fingerprint density at radius 3 is 2.88 bits per heavy atom. The zero-order chi connectivity index (χ0) is 12.3. The Hall–Kier alpha value is -1.72. The van der Waals surface area contributed by atoms with Gasteiger partial charge in [-0.05, 0) is 25.0 Å². The molecular weight excluding hydrogens is 228 g/mol. The molecule has 1 aromatic heterocycles. The first-order valence-corrected chi connectivity index (χ1v) is 5.42. The van der Waals surface area contributed by atoms with E-state index in [4.69, 9.17) is 0 Å². The number of hydrogen-bond acceptors (Lipinski definition) is 2. The van der Waals surface area contributed by atoms with E-state index in [2.05, 4.69) is 10.3 Å². The zero-order valence-electron chi connectivity index (χ0n) is 9.14. The summed E-state index contributed by atoms with van der Waals surface area (Å²) in [5, 5.41) is 2.56. The highest BCUT2D eigenvalue weighted by Gasteiger charge is 2.34. The summed E-state index contributed by atoms with van der Waals surface area (Å²) in [4.78, 5) is 16.8. The van der Waals surface area contributed by atoms with Gasteiger partial charge in [-0.1, -0.05) is 0 Å². The number of pyridine rings is 1. The van der Waals surface area contributed by atoms with Crippen LogP contribution in [0.2, 0.25) is 0 Å². The van der Waals surface area contributed by atoms with Crippen molar-refractivity contribution in [3.8, 4) is 0 Å². The number of nitrogens with one attached hydrogen (secondary N) is 1. The van der Waals surface area contributed by atoms with Crippen LogP contribution >= 0.6 is 0 Å². The number of urea groups is 1. The van der Waals surface area contributed by atoms with Gasteiger partial charge in [-0.25, -0.2) is 13.6 Å². The lowest BCUT2D eigenvalue weighted by Gasteiger charge is -2.22. The second kappa shape index (κ2) is 5.07. The van der Waals surface area contributed by atoms with E-state index in [0.717, 1.165) is 12.8 Å². The number of carbonyl (C=O) groups excluding carboxylic acids is 1. The second-order valence-corrected chi connectivity index (χ2v) is 3.95. The van der Waals surface area contributed by atoms with Crippen molar-refractivity contribution >= 4 is 11.7 Å². The Morgan fingerprint density at radius 1 is 1.59 bits per heavy atom. The summed E-state index contributed by atoms with van der Waals surface area (Å²) in [5.41, 5.74) is 0.511. The van der Waals surface area contributed by atoms with Gasteiger partial charge in [0.2, 0.25) is 0 Å². The molecule has 92 valence electrons. The van der Waals surface area contributed by atoms with Crippen molar-refractivity contribution in [2.45, 2.75) is 25.3 Å². The predicted octanol–water partition coefficient (Wildman–Crippen LogP) is 2.34. The maximum Gasteiger partial charge on any atom is 0.322 e. The molecule has 0 radical (unpaired) electrons. The van der Waals surface area contributed by atoms with Gasteiger partial charge in [0.15, 0.2) is 0 Å². The molecule has 2 amide bonds. The molecule has 1 aromatic rings. The number of nitrogens with zero attached hydrogens (tertiary/aromatic N) is 2.